The number of aromatic hydroxyl groups is 1. The molecule has 2 rings (SSSR count). The number of hydrogen-bond donors (Lipinski definition) is 3. The minimum absolute atomic E-state index is 0.0637. The average Bonchev–Trinajstić information content (AvgIpc) is 2.19. The number of carbonyl (C=O) groups is 1. The van der Waals surface area contributed by atoms with Crippen LogP contribution in [0.15, 0.2) is 29.2 Å². The monoisotopic (exact) mass is 205 g/mol. The molecule has 0 bridgehead atoms. The van der Waals surface area contributed by atoms with Crippen LogP contribution in [0.5, 0.6) is 5.75 Å². The first kappa shape index (κ1) is 9.26. The average molecular weight is 205 g/mol. The number of aromatic nitrogens is 1. The SMILES string of the molecule is O=C(O)c1c[nH]c(=O)c2cccc(O)c12. The van der Waals surface area contributed by atoms with Gasteiger partial charge in [0, 0.05) is 11.6 Å². The van der Waals surface area contributed by atoms with Gasteiger partial charge in [-0.15, -0.1) is 0 Å². The minimum Gasteiger partial charge on any atom is -0.507 e. The Hall–Kier alpha value is -2.30. The Morgan fingerprint density at radius 2 is 2.07 bits per heavy atom. The third-order valence-electron chi connectivity index (χ3n) is 2.13. The number of fused-ring (bicyclic) bond motifs is 1. The van der Waals surface area contributed by atoms with E-state index in [2.05, 4.69) is 4.98 Å². The Bertz CT molecular complexity index is 600. The molecule has 2 aromatic rings. The van der Waals surface area contributed by atoms with Gasteiger partial charge in [-0.1, -0.05) is 6.07 Å². The molecule has 0 saturated heterocycles. The third kappa shape index (κ3) is 1.34. The number of rotatable bonds is 1. The highest BCUT2D eigenvalue weighted by Gasteiger charge is 2.13. The number of nitrogens with one attached hydrogen (secondary N) is 1. The summed E-state index contributed by atoms with van der Waals surface area (Å²) in [5.41, 5.74) is -0.548. The first-order chi connectivity index (χ1) is 7.11. The fourth-order valence-electron chi connectivity index (χ4n) is 1.47. The van der Waals surface area contributed by atoms with Gasteiger partial charge in [-0.25, -0.2) is 4.79 Å². The predicted molar refractivity (Wildman–Crippen MR) is 53.2 cm³/mol. The van der Waals surface area contributed by atoms with Crippen molar-refractivity contribution in [3.05, 3.63) is 40.3 Å². The molecule has 3 N–H and O–H groups in total. The van der Waals surface area contributed by atoms with Crippen LogP contribution in [0.25, 0.3) is 10.8 Å². The zero-order valence-electron chi connectivity index (χ0n) is 7.52. The Morgan fingerprint density at radius 3 is 2.73 bits per heavy atom. The van der Waals surface area contributed by atoms with Gasteiger partial charge in [-0.05, 0) is 12.1 Å². The van der Waals surface area contributed by atoms with Crippen LogP contribution in [0.2, 0.25) is 0 Å². The molecule has 0 aliphatic rings. The van der Waals surface area contributed by atoms with E-state index in [1.54, 1.807) is 0 Å². The molecular formula is C10H7NO4. The van der Waals surface area contributed by atoms with E-state index in [1.807, 2.05) is 0 Å². The molecule has 1 heterocycles. The van der Waals surface area contributed by atoms with Gasteiger partial charge in [-0.2, -0.15) is 0 Å². The van der Waals surface area contributed by atoms with Crippen LogP contribution in [0, 0.1) is 0 Å². The molecular weight excluding hydrogens is 198 g/mol. The number of carboxylic acids is 1. The van der Waals surface area contributed by atoms with Crippen molar-refractivity contribution in [1.82, 2.24) is 4.98 Å². The zero-order chi connectivity index (χ0) is 11.0. The first-order valence-electron chi connectivity index (χ1n) is 4.18. The highest BCUT2D eigenvalue weighted by Crippen LogP contribution is 2.24. The number of hydrogen-bond acceptors (Lipinski definition) is 3. The molecule has 0 saturated carbocycles. The number of carboxylic acid groups (broad SMARTS) is 1. The van der Waals surface area contributed by atoms with E-state index in [0.717, 1.165) is 6.20 Å². The fraction of sp³-hybridized carbons (Fsp3) is 0. The fourth-order valence-corrected chi connectivity index (χ4v) is 1.47. The normalized spacial score (nSPS) is 10.4. The maximum Gasteiger partial charge on any atom is 0.337 e. The minimum atomic E-state index is -1.20. The van der Waals surface area contributed by atoms with E-state index in [1.165, 1.54) is 18.2 Å². The van der Waals surface area contributed by atoms with Crippen molar-refractivity contribution in [2.45, 2.75) is 0 Å². The van der Waals surface area contributed by atoms with Gasteiger partial charge >= 0.3 is 5.97 Å². The molecule has 0 spiro atoms. The maximum atomic E-state index is 11.3. The smallest absolute Gasteiger partial charge is 0.337 e. The lowest BCUT2D eigenvalue weighted by Gasteiger charge is -2.03. The zero-order valence-corrected chi connectivity index (χ0v) is 7.52. The second-order valence-electron chi connectivity index (χ2n) is 3.04. The second kappa shape index (κ2) is 3.13. The lowest BCUT2D eigenvalue weighted by Crippen LogP contribution is -2.09. The van der Waals surface area contributed by atoms with Gasteiger partial charge in [0.15, 0.2) is 0 Å². The number of pyridine rings is 1. The molecule has 5 nitrogen and oxygen atoms in total. The van der Waals surface area contributed by atoms with E-state index in [-0.39, 0.29) is 22.1 Å². The molecule has 15 heavy (non-hydrogen) atoms. The number of aromatic amines is 1. The summed E-state index contributed by atoms with van der Waals surface area (Å²) in [6.07, 6.45) is 1.08. The van der Waals surface area contributed by atoms with Crippen molar-refractivity contribution in [2.24, 2.45) is 0 Å². The van der Waals surface area contributed by atoms with Crippen LogP contribution < -0.4 is 5.56 Å². The van der Waals surface area contributed by atoms with Gasteiger partial charge < -0.3 is 15.2 Å². The molecule has 0 unspecified atom stereocenters. The van der Waals surface area contributed by atoms with E-state index >= 15 is 0 Å². The van der Waals surface area contributed by atoms with Crippen molar-refractivity contribution in [3.63, 3.8) is 0 Å². The van der Waals surface area contributed by atoms with Crippen LogP contribution in [0.1, 0.15) is 10.4 Å². The highest BCUT2D eigenvalue weighted by molar-refractivity contribution is 6.05. The molecule has 0 atom stereocenters. The van der Waals surface area contributed by atoms with E-state index in [9.17, 15) is 14.7 Å². The van der Waals surface area contributed by atoms with E-state index < -0.39 is 11.5 Å². The predicted octanol–water partition coefficient (Wildman–Crippen LogP) is 0.932. The van der Waals surface area contributed by atoms with Gasteiger partial charge in [0.1, 0.15) is 5.75 Å². The summed E-state index contributed by atoms with van der Waals surface area (Å²) in [5.74, 6) is -1.41. The molecule has 0 amide bonds. The van der Waals surface area contributed by atoms with Crippen molar-refractivity contribution in [1.29, 1.82) is 0 Å². The van der Waals surface area contributed by atoms with Crippen LogP contribution >= 0.6 is 0 Å². The van der Waals surface area contributed by atoms with E-state index in [0.29, 0.717) is 0 Å². The first-order valence-corrected chi connectivity index (χ1v) is 4.18. The van der Waals surface area contributed by atoms with Crippen LogP contribution in [0.3, 0.4) is 0 Å². The van der Waals surface area contributed by atoms with Crippen LogP contribution in [-0.4, -0.2) is 21.2 Å². The molecule has 1 aromatic carbocycles. The van der Waals surface area contributed by atoms with Crippen LogP contribution in [0.4, 0.5) is 0 Å². The van der Waals surface area contributed by atoms with Crippen molar-refractivity contribution >= 4 is 16.7 Å². The largest absolute Gasteiger partial charge is 0.507 e. The molecule has 0 aliphatic carbocycles. The Labute approximate surface area is 83.6 Å². The number of aromatic carboxylic acids is 1. The number of benzene rings is 1. The lowest BCUT2D eigenvalue weighted by molar-refractivity contribution is 0.0698. The Morgan fingerprint density at radius 1 is 1.33 bits per heavy atom. The standard InChI is InChI=1S/C10H7NO4/c12-7-3-1-2-5-8(7)6(10(14)15)4-11-9(5)13/h1-4,12H,(H,11,13)(H,14,15). The quantitative estimate of drug-likeness (QED) is 0.646. The third-order valence-corrected chi connectivity index (χ3v) is 2.13. The Balaban J connectivity index is 3.03. The summed E-state index contributed by atoms with van der Waals surface area (Å²) >= 11 is 0. The van der Waals surface area contributed by atoms with Crippen molar-refractivity contribution in [2.75, 3.05) is 0 Å². The van der Waals surface area contributed by atoms with Gasteiger partial charge in [0.2, 0.25) is 0 Å². The second-order valence-corrected chi connectivity index (χ2v) is 3.04. The molecule has 0 aliphatic heterocycles. The summed E-state index contributed by atoms with van der Waals surface area (Å²) in [6.45, 7) is 0. The van der Waals surface area contributed by atoms with Gasteiger partial charge in [0.25, 0.3) is 5.56 Å². The summed E-state index contributed by atoms with van der Waals surface area (Å²) in [7, 11) is 0. The number of H-pyrrole nitrogens is 1. The number of phenolic OH excluding ortho intramolecular Hbond substituents is 1. The van der Waals surface area contributed by atoms with Gasteiger partial charge in [-0.3, -0.25) is 4.79 Å². The topological polar surface area (TPSA) is 90.4 Å². The van der Waals surface area contributed by atoms with Gasteiger partial charge in [0.05, 0.1) is 10.9 Å². The molecule has 5 heteroatoms. The molecule has 0 radical (unpaired) electrons. The number of phenols is 1. The van der Waals surface area contributed by atoms with E-state index in [4.69, 9.17) is 5.11 Å². The summed E-state index contributed by atoms with van der Waals surface area (Å²) in [4.78, 5) is 24.5. The maximum absolute atomic E-state index is 11.3. The molecule has 1 aromatic heterocycles. The summed E-state index contributed by atoms with van der Waals surface area (Å²) in [5, 5.41) is 18.6. The highest BCUT2D eigenvalue weighted by atomic mass is 16.4. The lowest BCUT2D eigenvalue weighted by atomic mass is 10.1. The molecule has 76 valence electrons. The van der Waals surface area contributed by atoms with Crippen molar-refractivity contribution < 1.29 is 15.0 Å². The summed E-state index contributed by atoms with van der Waals surface area (Å²) in [6, 6.07) is 4.28. The van der Waals surface area contributed by atoms with Crippen molar-refractivity contribution in [3.8, 4) is 5.75 Å². The Kier molecular flexibility index (Phi) is 1.93. The summed E-state index contributed by atoms with van der Waals surface area (Å²) < 4.78 is 0. The van der Waals surface area contributed by atoms with Crippen LogP contribution in [-0.2, 0) is 0 Å². The molecule has 0 fully saturated rings.